The van der Waals surface area contributed by atoms with Crippen molar-refractivity contribution < 1.29 is 99.8 Å². The summed E-state index contributed by atoms with van der Waals surface area (Å²) in [6.45, 7) is 5.69. The van der Waals surface area contributed by atoms with E-state index in [1.165, 1.54) is 61.7 Å². The zero-order chi connectivity index (χ0) is 65.8. The molecule has 0 N–H and O–H groups in total. The Morgan fingerprint density at radius 3 is 1.23 bits per heavy atom. The monoisotopic (exact) mass is 1280 g/mol. The fraction of sp³-hybridized carbons (Fsp3) is 0.315. The quantitative estimate of drug-likeness (QED) is 0.0264. The van der Waals surface area contributed by atoms with E-state index in [4.69, 9.17) is 71.1 Å². The predicted octanol–water partition coefficient (Wildman–Crippen LogP) is 9.55. The number of hydrogen-bond donors (Lipinski definition) is 0. The molecule has 3 aliphatic heterocycles. The van der Waals surface area contributed by atoms with Gasteiger partial charge in [-0.25, -0.2) is 24.0 Å². The smallest absolute Gasteiger partial charge is 0.338 e. The molecule has 0 aromatic heterocycles. The Labute approximate surface area is 543 Å². The summed E-state index contributed by atoms with van der Waals surface area (Å²) in [5.74, 6) is -5.36. The van der Waals surface area contributed by atoms with Crippen molar-refractivity contribution in [2.45, 2.75) is 126 Å². The van der Waals surface area contributed by atoms with Gasteiger partial charge in [0.15, 0.2) is 49.4 Å². The average molecular weight is 1290 g/mol. The largest absolute Gasteiger partial charge is 0.467 e. The fourth-order valence-corrected chi connectivity index (χ4v) is 11.0. The van der Waals surface area contributed by atoms with Gasteiger partial charge in [0.25, 0.3) is 0 Å². The Kier molecular flexibility index (Phi) is 24.1. The number of carbonyl (C=O) groups excluding carboxylic acids is 6. The van der Waals surface area contributed by atoms with Crippen LogP contribution in [0.15, 0.2) is 225 Å². The van der Waals surface area contributed by atoms with E-state index in [-0.39, 0.29) is 48.7 Å². The van der Waals surface area contributed by atoms with Gasteiger partial charge in [0.05, 0.1) is 61.9 Å². The predicted molar refractivity (Wildman–Crippen MR) is 334 cm³/mol. The summed E-state index contributed by atoms with van der Waals surface area (Å²) < 4.78 is 97.5. The Hall–Kier alpha value is -9.26. The maximum atomic E-state index is 14.7. The Morgan fingerprint density at radius 2 is 0.787 bits per heavy atom. The van der Waals surface area contributed by atoms with Crippen LogP contribution in [0.2, 0.25) is 0 Å². The summed E-state index contributed by atoms with van der Waals surface area (Å²) in [7, 11) is 1.18. The molecular weight excluding hydrogens is 1210 g/mol. The van der Waals surface area contributed by atoms with Crippen LogP contribution < -0.4 is 0 Å². The molecule has 21 heteroatoms. The fourth-order valence-electron chi connectivity index (χ4n) is 11.0. The van der Waals surface area contributed by atoms with E-state index in [2.05, 4.69) is 6.58 Å². The number of esters is 6. The van der Waals surface area contributed by atoms with Gasteiger partial charge < -0.3 is 71.1 Å². The standard InChI is InChI=1S/C73H72O21/c1-5-41-81-71-63(84-44-50-31-17-8-18-32-50)59(83-43-49-29-15-7-16-30-49)61(62(94-71)70(79)80-4)93-72-64(87-47(3)74)58(82-42-48-27-13-6-14-28-48)56(46(2)86-72)92-73-65(91-69(78)54-39-25-12-26-40-54)60(90-68(77)53-37-23-11-24-38-53)57(89-67(76)52-35-21-10-22-36-52)55(88-73)45-85-66(75)51-33-19-9-20-34-51/h5-40,46,55-65,71-73H,1,41-45H2,2-4H3/t46-,55+,56-,57-,58+,59-,60-,61+,62-,63+,64+,65+,71+,72-,73-/m0/s1. The summed E-state index contributed by atoms with van der Waals surface area (Å²) in [4.78, 5) is 85.6. The molecule has 7 aromatic carbocycles. The molecule has 0 bridgehead atoms. The minimum Gasteiger partial charge on any atom is -0.467 e. The molecule has 7 aromatic rings. The highest BCUT2D eigenvalue weighted by molar-refractivity contribution is 5.91. The molecule has 21 nitrogen and oxygen atoms in total. The van der Waals surface area contributed by atoms with Gasteiger partial charge in [-0.3, -0.25) is 4.79 Å². The molecule has 0 aliphatic carbocycles. The maximum absolute atomic E-state index is 14.7. The van der Waals surface area contributed by atoms with Crippen molar-refractivity contribution in [3.8, 4) is 0 Å². The van der Waals surface area contributed by atoms with Crippen LogP contribution in [0, 0.1) is 0 Å². The van der Waals surface area contributed by atoms with Crippen molar-refractivity contribution in [3.05, 3.63) is 264 Å². The molecule has 94 heavy (non-hydrogen) atoms. The maximum Gasteiger partial charge on any atom is 0.338 e. The average Bonchev–Trinajstić information content (AvgIpc) is 0.855. The first-order chi connectivity index (χ1) is 45.8. The molecule has 15 atom stereocenters. The number of methoxy groups -OCH3 is 1. The van der Waals surface area contributed by atoms with E-state index in [0.717, 1.165) is 18.1 Å². The first-order valence-corrected chi connectivity index (χ1v) is 30.6. The second-order valence-electron chi connectivity index (χ2n) is 22.1. The molecule has 0 saturated carbocycles. The summed E-state index contributed by atoms with van der Waals surface area (Å²) >= 11 is 0. The first-order valence-electron chi connectivity index (χ1n) is 30.6. The molecule has 3 fully saturated rings. The van der Waals surface area contributed by atoms with Gasteiger partial charge in [-0.1, -0.05) is 170 Å². The van der Waals surface area contributed by atoms with Gasteiger partial charge in [-0.15, -0.1) is 6.58 Å². The minimum atomic E-state index is -1.90. The van der Waals surface area contributed by atoms with Crippen LogP contribution in [0.5, 0.6) is 0 Å². The molecule has 10 rings (SSSR count). The van der Waals surface area contributed by atoms with E-state index >= 15 is 0 Å². The van der Waals surface area contributed by atoms with Crippen molar-refractivity contribution in [2.75, 3.05) is 20.3 Å². The second kappa shape index (κ2) is 33.5. The van der Waals surface area contributed by atoms with Crippen LogP contribution in [-0.2, 0) is 100 Å². The van der Waals surface area contributed by atoms with Crippen LogP contribution in [0.1, 0.15) is 72.0 Å². The summed E-state index contributed by atoms with van der Waals surface area (Å²) in [6.07, 6.45) is -21.8. The zero-order valence-electron chi connectivity index (χ0n) is 51.8. The lowest BCUT2D eigenvalue weighted by Crippen LogP contribution is -2.68. The van der Waals surface area contributed by atoms with Gasteiger partial charge in [-0.2, -0.15) is 0 Å². The Balaban J connectivity index is 1.07. The normalized spacial score (nSPS) is 25.7. The van der Waals surface area contributed by atoms with Crippen molar-refractivity contribution >= 4 is 35.8 Å². The van der Waals surface area contributed by atoms with Crippen LogP contribution in [0.4, 0.5) is 0 Å². The minimum absolute atomic E-state index is 0.0226. The van der Waals surface area contributed by atoms with Crippen molar-refractivity contribution in [1.29, 1.82) is 0 Å². The number of carbonyl (C=O) groups is 6. The third-order valence-electron chi connectivity index (χ3n) is 15.5. The lowest BCUT2D eigenvalue weighted by Gasteiger charge is -2.50. The summed E-state index contributed by atoms with van der Waals surface area (Å²) in [5, 5.41) is 0. The summed E-state index contributed by atoms with van der Waals surface area (Å²) in [5.41, 5.74) is 2.53. The highest BCUT2D eigenvalue weighted by atomic mass is 16.8. The molecule has 0 spiro atoms. The molecule has 490 valence electrons. The number of ether oxygens (including phenoxy) is 15. The third kappa shape index (κ3) is 17.7. The number of benzene rings is 7. The van der Waals surface area contributed by atoms with E-state index in [9.17, 15) is 28.8 Å². The number of rotatable bonds is 27. The topological polar surface area (TPSA) is 241 Å². The lowest BCUT2D eigenvalue weighted by molar-refractivity contribution is -0.379. The van der Waals surface area contributed by atoms with Crippen LogP contribution >= 0.6 is 0 Å². The lowest BCUT2D eigenvalue weighted by atomic mass is 9.95. The molecule has 3 saturated heterocycles. The van der Waals surface area contributed by atoms with Gasteiger partial charge in [-0.05, 0) is 72.1 Å². The van der Waals surface area contributed by atoms with Crippen LogP contribution in [0.3, 0.4) is 0 Å². The first kappa shape index (κ1) is 67.6. The van der Waals surface area contributed by atoms with Gasteiger partial charge in [0.1, 0.15) is 43.2 Å². The number of hydrogen-bond acceptors (Lipinski definition) is 21. The highest BCUT2D eigenvalue weighted by Gasteiger charge is 2.59. The second-order valence-corrected chi connectivity index (χ2v) is 22.1. The Morgan fingerprint density at radius 1 is 0.404 bits per heavy atom. The van der Waals surface area contributed by atoms with Gasteiger partial charge in [0, 0.05) is 6.92 Å². The van der Waals surface area contributed by atoms with Crippen LogP contribution in [0.25, 0.3) is 0 Å². The van der Waals surface area contributed by atoms with Crippen molar-refractivity contribution in [2.24, 2.45) is 0 Å². The molecule has 3 aliphatic rings. The third-order valence-corrected chi connectivity index (χ3v) is 15.5. The van der Waals surface area contributed by atoms with Crippen molar-refractivity contribution in [3.63, 3.8) is 0 Å². The van der Waals surface area contributed by atoms with Gasteiger partial charge >= 0.3 is 35.8 Å². The van der Waals surface area contributed by atoms with E-state index in [1.54, 1.807) is 104 Å². The molecule has 0 unspecified atom stereocenters. The van der Waals surface area contributed by atoms with Gasteiger partial charge in [0.2, 0.25) is 0 Å². The zero-order valence-corrected chi connectivity index (χ0v) is 51.8. The molecular formula is C73H72O21. The Bertz CT molecular complexity index is 3550. The molecule has 3 heterocycles. The van der Waals surface area contributed by atoms with Crippen molar-refractivity contribution in [1.82, 2.24) is 0 Å². The molecule has 0 radical (unpaired) electrons. The van der Waals surface area contributed by atoms with E-state index in [0.29, 0.717) is 5.56 Å². The molecule has 0 amide bonds. The summed E-state index contributed by atoms with van der Waals surface area (Å²) in [6, 6.07) is 59.3. The van der Waals surface area contributed by atoms with Crippen LogP contribution in [-0.4, -0.2) is 148 Å². The van der Waals surface area contributed by atoms with E-state index in [1.807, 2.05) is 66.7 Å². The highest BCUT2D eigenvalue weighted by Crippen LogP contribution is 2.39. The van der Waals surface area contributed by atoms with E-state index < -0.39 is 135 Å². The SMILES string of the molecule is C=CCO[C@@H]1O[C@H](C(=O)OC)[C@H](O[C@@H]2O[C@@H](C)[C@H](O[C@@H]3O[C@H](COC(=O)c4ccccc4)[C@H](OC(=O)c4ccccc4)[C@H](OC(=O)c4ccccc4)[C@H]3OC(=O)c3ccccc3)[C@@H](OCc3ccccc3)[C@H]2OC(C)=O)[C@H](OCc2ccccc2)[C@H]1OCc1ccccc1.